The van der Waals surface area contributed by atoms with Gasteiger partial charge in [-0.3, -0.25) is 4.79 Å². The van der Waals surface area contributed by atoms with Crippen LogP contribution in [0.2, 0.25) is 0 Å². The lowest BCUT2D eigenvalue weighted by molar-refractivity contribution is -0.139. The third-order valence-corrected chi connectivity index (χ3v) is 2.82. The Morgan fingerprint density at radius 3 is 2.73 bits per heavy atom. The first-order valence-corrected chi connectivity index (χ1v) is 3.78. The Labute approximate surface area is 64.2 Å². The first-order chi connectivity index (χ1) is 5.18. The SMILES string of the molecule is O=C(O)C1CC2(CO)CC2N1. The van der Waals surface area contributed by atoms with Crippen LogP contribution in [0.4, 0.5) is 0 Å². The molecule has 4 nitrogen and oxygen atoms in total. The summed E-state index contributed by atoms with van der Waals surface area (Å²) in [5, 5.41) is 20.5. The molecule has 3 atom stereocenters. The minimum atomic E-state index is -0.801. The van der Waals surface area contributed by atoms with Crippen LogP contribution in [0.3, 0.4) is 0 Å². The average molecular weight is 157 g/mol. The molecule has 2 aliphatic rings. The number of carboxylic acid groups (broad SMARTS) is 1. The zero-order valence-electron chi connectivity index (χ0n) is 6.08. The van der Waals surface area contributed by atoms with Crippen molar-refractivity contribution in [2.45, 2.75) is 24.9 Å². The first-order valence-electron chi connectivity index (χ1n) is 3.78. The van der Waals surface area contributed by atoms with Gasteiger partial charge in [0.25, 0.3) is 0 Å². The van der Waals surface area contributed by atoms with E-state index in [9.17, 15) is 4.79 Å². The van der Waals surface area contributed by atoms with E-state index in [4.69, 9.17) is 10.2 Å². The highest BCUT2D eigenvalue weighted by atomic mass is 16.4. The molecule has 1 aliphatic heterocycles. The molecule has 2 fully saturated rings. The number of piperidine rings is 1. The second-order valence-electron chi connectivity index (χ2n) is 3.54. The van der Waals surface area contributed by atoms with Gasteiger partial charge in [0.2, 0.25) is 0 Å². The van der Waals surface area contributed by atoms with Gasteiger partial charge >= 0.3 is 5.97 Å². The van der Waals surface area contributed by atoms with Crippen LogP contribution in [0.15, 0.2) is 0 Å². The molecule has 0 radical (unpaired) electrons. The molecule has 0 aromatic heterocycles. The predicted molar refractivity (Wildman–Crippen MR) is 37.1 cm³/mol. The van der Waals surface area contributed by atoms with Gasteiger partial charge in [0.15, 0.2) is 0 Å². The summed E-state index contributed by atoms with van der Waals surface area (Å²) in [6, 6.07) is -0.172. The van der Waals surface area contributed by atoms with E-state index in [1.54, 1.807) is 0 Å². The van der Waals surface area contributed by atoms with Crippen molar-refractivity contribution < 1.29 is 15.0 Å². The van der Waals surface area contributed by atoms with Crippen LogP contribution in [0, 0.1) is 5.41 Å². The number of aliphatic carboxylic acids is 1. The van der Waals surface area contributed by atoms with Crippen LogP contribution in [-0.2, 0) is 4.79 Å². The van der Waals surface area contributed by atoms with Crippen molar-refractivity contribution >= 4 is 5.97 Å². The lowest BCUT2D eigenvalue weighted by Gasteiger charge is -2.09. The number of carboxylic acids is 1. The lowest BCUT2D eigenvalue weighted by Crippen LogP contribution is -2.33. The van der Waals surface area contributed by atoms with Crippen LogP contribution in [0.5, 0.6) is 0 Å². The van der Waals surface area contributed by atoms with Crippen molar-refractivity contribution in [2.75, 3.05) is 6.61 Å². The highest BCUT2D eigenvalue weighted by Crippen LogP contribution is 2.53. The van der Waals surface area contributed by atoms with Crippen molar-refractivity contribution in [1.29, 1.82) is 0 Å². The molecule has 4 heteroatoms. The van der Waals surface area contributed by atoms with E-state index in [2.05, 4.69) is 5.32 Å². The molecular formula is C7H11NO3. The van der Waals surface area contributed by atoms with Crippen molar-refractivity contribution in [3.63, 3.8) is 0 Å². The van der Waals surface area contributed by atoms with E-state index >= 15 is 0 Å². The quantitative estimate of drug-likeness (QED) is 0.490. The van der Waals surface area contributed by atoms with Crippen molar-refractivity contribution in [3.05, 3.63) is 0 Å². The molecule has 0 amide bonds. The van der Waals surface area contributed by atoms with Gasteiger partial charge in [0.1, 0.15) is 6.04 Å². The van der Waals surface area contributed by atoms with E-state index in [-0.39, 0.29) is 18.1 Å². The maximum Gasteiger partial charge on any atom is 0.320 e. The molecular weight excluding hydrogens is 146 g/mol. The van der Waals surface area contributed by atoms with Crippen molar-refractivity contribution in [3.8, 4) is 0 Å². The second-order valence-corrected chi connectivity index (χ2v) is 3.54. The predicted octanol–water partition coefficient (Wildman–Crippen LogP) is -0.816. The molecule has 1 aliphatic carbocycles. The van der Waals surface area contributed by atoms with Crippen molar-refractivity contribution in [2.24, 2.45) is 5.41 Å². The second kappa shape index (κ2) is 1.95. The third kappa shape index (κ3) is 0.862. The van der Waals surface area contributed by atoms with Crippen LogP contribution in [0.25, 0.3) is 0 Å². The molecule has 0 aromatic rings. The molecule has 2 rings (SSSR count). The van der Waals surface area contributed by atoms with Gasteiger partial charge in [-0.25, -0.2) is 0 Å². The molecule has 62 valence electrons. The van der Waals surface area contributed by atoms with Crippen LogP contribution in [-0.4, -0.2) is 34.9 Å². The largest absolute Gasteiger partial charge is 0.480 e. The van der Waals surface area contributed by atoms with Gasteiger partial charge in [0, 0.05) is 11.5 Å². The third-order valence-electron chi connectivity index (χ3n) is 2.82. The minimum absolute atomic E-state index is 0.0803. The summed E-state index contributed by atoms with van der Waals surface area (Å²) in [4.78, 5) is 10.5. The fraction of sp³-hybridized carbons (Fsp3) is 0.857. The summed E-state index contributed by atoms with van der Waals surface area (Å²) in [5.41, 5.74) is -0.0803. The Kier molecular flexibility index (Phi) is 1.25. The van der Waals surface area contributed by atoms with Crippen LogP contribution >= 0.6 is 0 Å². The minimum Gasteiger partial charge on any atom is -0.480 e. The number of aliphatic hydroxyl groups excluding tert-OH is 1. The molecule has 0 aromatic carbocycles. The summed E-state index contributed by atoms with van der Waals surface area (Å²) >= 11 is 0. The Morgan fingerprint density at radius 2 is 2.36 bits per heavy atom. The van der Waals surface area contributed by atoms with Gasteiger partial charge in [-0.1, -0.05) is 0 Å². The Bertz CT molecular complexity index is 202. The van der Waals surface area contributed by atoms with Gasteiger partial charge in [-0.2, -0.15) is 0 Å². The van der Waals surface area contributed by atoms with Crippen LogP contribution in [0.1, 0.15) is 12.8 Å². The molecule has 1 saturated carbocycles. The number of aliphatic hydroxyl groups is 1. The normalized spacial score (nSPS) is 47.0. The molecule has 1 heterocycles. The Hall–Kier alpha value is -0.610. The maximum absolute atomic E-state index is 10.5. The molecule has 3 N–H and O–H groups in total. The fourth-order valence-electron chi connectivity index (χ4n) is 1.92. The zero-order chi connectivity index (χ0) is 8.06. The summed E-state index contributed by atoms with van der Waals surface area (Å²) < 4.78 is 0. The summed E-state index contributed by atoms with van der Waals surface area (Å²) in [6.45, 7) is 0.119. The fourth-order valence-corrected chi connectivity index (χ4v) is 1.92. The van der Waals surface area contributed by atoms with E-state index in [1.165, 1.54) is 0 Å². The van der Waals surface area contributed by atoms with Gasteiger partial charge in [-0.05, 0) is 12.8 Å². The van der Waals surface area contributed by atoms with Crippen molar-refractivity contribution in [1.82, 2.24) is 5.32 Å². The molecule has 11 heavy (non-hydrogen) atoms. The first kappa shape index (κ1) is 7.06. The van der Waals surface area contributed by atoms with Gasteiger partial charge in [0.05, 0.1) is 6.61 Å². The molecule has 0 spiro atoms. The summed E-state index contributed by atoms with van der Waals surface area (Å²) in [7, 11) is 0. The van der Waals surface area contributed by atoms with Crippen LogP contribution < -0.4 is 5.32 Å². The van der Waals surface area contributed by atoms with Gasteiger partial charge < -0.3 is 15.5 Å². The Balaban J connectivity index is 2.02. The summed E-state index contributed by atoms with van der Waals surface area (Å²) in [6.07, 6.45) is 1.52. The molecule has 1 saturated heterocycles. The number of fused-ring (bicyclic) bond motifs is 1. The standard InChI is InChI=1S/C7H11NO3/c9-3-7-1-4(6(10)11)8-5(7)2-7/h4-5,8-9H,1-3H2,(H,10,11). The topological polar surface area (TPSA) is 69.6 Å². The zero-order valence-corrected chi connectivity index (χ0v) is 6.08. The van der Waals surface area contributed by atoms with Gasteiger partial charge in [-0.15, -0.1) is 0 Å². The summed E-state index contributed by atoms with van der Waals surface area (Å²) in [5.74, 6) is -0.801. The Morgan fingerprint density at radius 1 is 1.64 bits per heavy atom. The number of hydrogen-bond donors (Lipinski definition) is 3. The smallest absolute Gasteiger partial charge is 0.320 e. The monoisotopic (exact) mass is 157 g/mol. The number of nitrogens with one attached hydrogen (secondary N) is 1. The molecule has 0 bridgehead atoms. The average Bonchev–Trinajstić information content (AvgIpc) is 2.55. The number of hydrogen-bond acceptors (Lipinski definition) is 3. The molecule has 3 unspecified atom stereocenters. The number of carbonyl (C=O) groups is 1. The van der Waals surface area contributed by atoms with E-state index in [0.717, 1.165) is 6.42 Å². The van der Waals surface area contributed by atoms with E-state index in [1.807, 2.05) is 0 Å². The highest BCUT2D eigenvalue weighted by molar-refractivity contribution is 5.74. The van der Waals surface area contributed by atoms with E-state index in [0.29, 0.717) is 6.42 Å². The maximum atomic E-state index is 10.5. The lowest BCUT2D eigenvalue weighted by atomic mass is 10.0. The highest BCUT2D eigenvalue weighted by Gasteiger charge is 2.61. The number of rotatable bonds is 2. The van der Waals surface area contributed by atoms with E-state index < -0.39 is 12.0 Å².